The molecule has 32 heavy (non-hydrogen) atoms. The van der Waals surface area contributed by atoms with Crippen molar-refractivity contribution in [3.05, 3.63) is 59.6 Å². The van der Waals surface area contributed by atoms with Crippen LogP contribution < -0.4 is 11.1 Å². The summed E-state index contributed by atoms with van der Waals surface area (Å²) in [6.07, 6.45) is 7.71. The van der Waals surface area contributed by atoms with E-state index in [0.717, 1.165) is 59.1 Å². The maximum absolute atomic E-state index is 6.22. The van der Waals surface area contributed by atoms with Gasteiger partial charge in [0.15, 0.2) is 0 Å². The fourth-order valence-corrected chi connectivity index (χ4v) is 4.22. The van der Waals surface area contributed by atoms with E-state index < -0.39 is 0 Å². The highest BCUT2D eigenvalue weighted by molar-refractivity contribution is 6.31. The Morgan fingerprint density at radius 1 is 0.875 bits per heavy atom. The first-order valence-electron chi connectivity index (χ1n) is 9.74. The van der Waals surface area contributed by atoms with Crippen LogP contribution in [0.1, 0.15) is 24.5 Å². The largest absolute Gasteiger partial charge is 0.383 e. The maximum atomic E-state index is 6.22. The number of halogens is 4. The van der Waals surface area contributed by atoms with Crippen LogP contribution in [0.15, 0.2) is 48.9 Å². The summed E-state index contributed by atoms with van der Waals surface area (Å²) in [5, 5.41) is 13.7. The van der Waals surface area contributed by atoms with E-state index in [1.165, 1.54) is 5.69 Å². The van der Waals surface area contributed by atoms with Gasteiger partial charge >= 0.3 is 0 Å². The molecule has 1 aliphatic heterocycles. The van der Waals surface area contributed by atoms with Gasteiger partial charge in [0.2, 0.25) is 0 Å². The number of H-pyrrole nitrogens is 1. The molecule has 0 aliphatic carbocycles. The molecule has 0 bridgehead atoms. The summed E-state index contributed by atoms with van der Waals surface area (Å²) < 4.78 is 0. The molecule has 6 nitrogen and oxygen atoms in total. The summed E-state index contributed by atoms with van der Waals surface area (Å²) in [7, 11) is 0. The zero-order valence-electron chi connectivity index (χ0n) is 17.0. The minimum Gasteiger partial charge on any atom is -0.383 e. The molecule has 4 heterocycles. The molecule has 1 aromatic carbocycles. The van der Waals surface area contributed by atoms with Crippen molar-refractivity contribution < 1.29 is 0 Å². The number of aromatic nitrogens is 4. The van der Waals surface area contributed by atoms with Crippen molar-refractivity contribution in [2.45, 2.75) is 18.8 Å². The Morgan fingerprint density at radius 3 is 2.44 bits per heavy atom. The molecule has 10 heteroatoms. The third-order valence-electron chi connectivity index (χ3n) is 5.61. The molecule has 3 aromatic heterocycles. The number of hydrogen-bond donors (Lipinski definition) is 3. The van der Waals surface area contributed by atoms with Crippen LogP contribution in [0.25, 0.3) is 33.2 Å². The predicted molar refractivity (Wildman–Crippen MR) is 139 cm³/mol. The molecule has 0 spiro atoms. The van der Waals surface area contributed by atoms with Gasteiger partial charge in [-0.3, -0.25) is 10.1 Å². The van der Waals surface area contributed by atoms with E-state index >= 15 is 0 Å². The van der Waals surface area contributed by atoms with E-state index in [1.54, 1.807) is 0 Å². The molecule has 170 valence electrons. The van der Waals surface area contributed by atoms with Gasteiger partial charge in [-0.2, -0.15) is 5.10 Å². The average molecular weight is 514 g/mol. The molecular weight excluding hydrogens is 490 g/mol. The zero-order chi connectivity index (χ0) is 19.8. The van der Waals surface area contributed by atoms with Crippen LogP contribution in [0.5, 0.6) is 0 Å². The number of nitrogens with zero attached hydrogens (tertiary/aromatic N) is 3. The molecule has 0 atom stereocenters. The van der Waals surface area contributed by atoms with Crippen LogP contribution in [0.4, 0.5) is 5.82 Å². The summed E-state index contributed by atoms with van der Waals surface area (Å²) in [5.74, 6) is 0.930. The number of nitrogens with one attached hydrogen (secondary N) is 2. The van der Waals surface area contributed by atoms with E-state index in [-0.39, 0.29) is 37.2 Å². The second-order valence-corrected chi connectivity index (χ2v) is 7.88. The number of piperidine rings is 1. The van der Waals surface area contributed by atoms with Crippen LogP contribution in [0.3, 0.4) is 0 Å². The second kappa shape index (κ2) is 11.2. The highest BCUT2D eigenvalue weighted by atomic mass is 35.5. The van der Waals surface area contributed by atoms with Crippen molar-refractivity contribution >= 4 is 65.4 Å². The number of aromatic amines is 1. The number of hydrogen-bond acceptors (Lipinski definition) is 5. The summed E-state index contributed by atoms with van der Waals surface area (Å²) in [4.78, 5) is 9.06. The first-order chi connectivity index (χ1) is 14.2. The SMILES string of the molecule is Cl.Cl.Cl.Nc1ncc(-c2cn[nH]c2C2CCNCC2)cc1-c1cc2ccc(Cl)cc2cn1. The van der Waals surface area contributed by atoms with Crippen LogP contribution in [-0.2, 0) is 0 Å². The van der Waals surface area contributed by atoms with Crippen LogP contribution in [0.2, 0.25) is 5.02 Å². The van der Waals surface area contributed by atoms with E-state index in [1.807, 2.05) is 42.9 Å². The Labute approximate surface area is 210 Å². The number of nitrogen functional groups attached to an aromatic ring is 1. The molecule has 0 saturated carbocycles. The number of pyridine rings is 2. The van der Waals surface area contributed by atoms with Crippen LogP contribution >= 0.6 is 48.8 Å². The van der Waals surface area contributed by atoms with Crippen LogP contribution in [-0.4, -0.2) is 33.3 Å². The van der Waals surface area contributed by atoms with Gasteiger partial charge in [-0.15, -0.1) is 37.2 Å². The number of rotatable bonds is 3. The van der Waals surface area contributed by atoms with Gasteiger partial charge in [0.1, 0.15) is 5.82 Å². The number of benzene rings is 1. The Balaban J connectivity index is 0.00000121. The number of nitrogens with two attached hydrogens (primary N) is 1. The standard InChI is InChI=1S/C22H21ClN6.3ClH/c23-17-2-1-14-9-20(26-10-15(14)7-17)18-8-16(11-27-22(18)24)19-12-28-29-21(19)13-3-5-25-6-4-13;;;/h1-2,7-13,25H,3-6H2,(H2,24,27)(H,28,29);3*1H. The summed E-state index contributed by atoms with van der Waals surface area (Å²) >= 11 is 6.09. The summed E-state index contributed by atoms with van der Waals surface area (Å²) in [6, 6.07) is 9.85. The molecule has 0 unspecified atom stereocenters. The lowest BCUT2D eigenvalue weighted by atomic mass is 9.90. The zero-order valence-corrected chi connectivity index (χ0v) is 20.3. The lowest BCUT2D eigenvalue weighted by Gasteiger charge is -2.22. The minimum atomic E-state index is 0. The Bertz CT molecular complexity index is 1190. The fraction of sp³-hybridized carbons (Fsp3) is 0.227. The fourth-order valence-electron chi connectivity index (χ4n) is 4.04. The molecule has 0 amide bonds. The lowest BCUT2D eigenvalue weighted by molar-refractivity contribution is 0.453. The monoisotopic (exact) mass is 512 g/mol. The smallest absolute Gasteiger partial charge is 0.132 e. The van der Waals surface area contributed by atoms with E-state index in [4.69, 9.17) is 17.3 Å². The molecule has 0 radical (unpaired) electrons. The van der Waals surface area contributed by atoms with Gasteiger partial charge in [0.05, 0.1) is 11.9 Å². The lowest BCUT2D eigenvalue weighted by Crippen LogP contribution is -2.27. The predicted octanol–water partition coefficient (Wildman–Crippen LogP) is 5.65. The molecular formula is C22H24Cl4N6. The number of anilines is 1. The Hall–Kier alpha value is -2.09. The highest BCUT2D eigenvalue weighted by Crippen LogP contribution is 2.35. The van der Waals surface area contributed by atoms with Crippen molar-refractivity contribution in [3.8, 4) is 22.4 Å². The minimum absolute atomic E-state index is 0. The molecule has 4 aromatic rings. The third-order valence-corrected chi connectivity index (χ3v) is 5.84. The first-order valence-corrected chi connectivity index (χ1v) is 10.1. The quantitative estimate of drug-likeness (QED) is 0.329. The molecule has 1 fully saturated rings. The first kappa shape index (κ1) is 26.2. The van der Waals surface area contributed by atoms with Gasteiger partial charge in [0.25, 0.3) is 0 Å². The van der Waals surface area contributed by atoms with Gasteiger partial charge in [-0.25, -0.2) is 4.98 Å². The Morgan fingerprint density at radius 2 is 1.66 bits per heavy atom. The van der Waals surface area contributed by atoms with E-state index in [0.29, 0.717) is 16.8 Å². The third kappa shape index (κ3) is 5.11. The summed E-state index contributed by atoms with van der Waals surface area (Å²) in [6.45, 7) is 2.05. The van der Waals surface area contributed by atoms with Crippen molar-refractivity contribution in [1.29, 1.82) is 0 Å². The number of fused-ring (bicyclic) bond motifs is 1. The van der Waals surface area contributed by atoms with Gasteiger partial charge < -0.3 is 11.1 Å². The average Bonchev–Trinajstić information content (AvgIpc) is 3.24. The van der Waals surface area contributed by atoms with Gasteiger partial charge in [0, 0.05) is 51.1 Å². The normalized spacial score (nSPS) is 13.7. The Kier molecular flexibility index (Phi) is 9.13. The van der Waals surface area contributed by atoms with E-state index in [2.05, 4.69) is 31.5 Å². The van der Waals surface area contributed by atoms with E-state index in [9.17, 15) is 0 Å². The highest BCUT2D eigenvalue weighted by Gasteiger charge is 2.21. The van der Waals surface area contributed by atoms with Gasteiger partial charge in [-0.05, 0) is 55.6 Å². The van der Waals surface area contributed by atoms with Crippen molar-refractivity contribution in [2.75, 3.05) is 18.8 Å². The topological polar surface area (TPSA) is 92.5 Å². The van der Waals surface area contributed by atoms with Gasteiger partial charge in [-0.1, -0.05) is 17.7 Å². The molecule has 4 N–H and O–H groups in total. The van der Waals surface area contributed by atoms with Crippen molar-refractivity contribution in [2.24, 2.45) is 0 Å². The maximum Gasteiger partial charge on any atom is 0.132 e. The molecule has 1 aliphatic rings. The van der Waals surface area contributed by atoms with Crippen LogP contribution in [0, 0.1) is 0 Å². The van der Waals surface area contributed by atoms with Crippen molar-refractivity contribution in [3.63, 3.8) is 0 Å². The molecule has 1 saturated heterocycles. The molecule has 5 rings (SSSR count). The second-order valence-electron chi connectivity index (χ2n) is 7.44. The van der Waals surface area contributed by atoms with Crippen molar-refractivity contribution in [1.82, 2.24) is 25.5 Å². The summed E-state index contributed by atoms with van der Waals surface area (Å²) in [5.41, 5.74) is 11.1.